The summed E-state index contributed by atoms with van der Waals surface area (Å²) in [6, 6.07) is 8.20. The first-order valence-corrected chi connectivity index (χ1v) is 10.2. The van der Waals surface area contributed by atoms with Crippen LogP contribution in [0.4, 0.5) is 9.59 Å². The standard InChI is InChI=1S/C22H27N3O7/c1-22(2,3)32-20(27)23-15-10-17(18-24-16(13-30-18)19(26)29-4)25(11-15)21(28)31-12-14-8-6-5-7-9-14/h5-9,13,15,17H,10-12H2,1-4H3,(H,23,27). The number of carbonyl (C=O) groups excluding carboxylic acids is 3. The van der Waals surface area contributed by atoms with Gasteiger partial charge in [-0.25, -0.2) is 19.4 Å². The fourth-order valence-corrected chi connectivity index (χ4v) is 3.29. The number of hydrogen-bond acceptors (Lipinski definition) is 8. The molecule has 2 amide bonds. The van der Waals surface area contributed by atoms with Crippen LogP contribution in [-0.2, 0) is 20.8 Å². The number of oxazole rings is 1. The van der Waals surface area contributed by atoms with Crippen molar-refractivity contribution in [2.24, 2.45) is 0 Å². The molecule has 2 atom stereocenters. The summed E-state index contributed by atoms with van der Waals surface area (Å²) in [4.78, 5) is 42.4. The van der Waals surface area contributed by atoms with Gasteiger partial charge in [0.15, 0.2) is 5.69 Å². The average Bonchev–Trinajstić information content (AvgIpc) is 3.38. The highest BCUT2D eigenvalue weighted by molar-refractivity contribution is 5.86. The Bertz CT molecular complexity index is 952. The number of esters is 1. The predicted octanol–water partition coefficient (Wildman–Crippen LogP) is 3.44. The maximum absolute atomic E-state index is 12.9. The molecule has 172 valence electrons. The zero-order chi connectivity index (χ0) is 23.3. The van der Waals surface area contributed by atoms with Crippen LogP contribution < -0.4 is 5.32 Å². The van der Waals surface area contributed by atoms with Crippen LogP contribution in [0.15, 0.2) is 41.0 Å². The molecule has 1 saturated heterocycles. The van der Waals surface area contributed by atoms with E-state index in [0.717, 1.165) is 5.56 Å². The van der Waals surface area contributed by atoms with E-state index in [1.165, 1.54) is 18.3 Å². The SMILES string of the molecule is COC(=O)c1coc(C2CC(NC(=O)OC(C)(C)C)CN2C(=O)OCc2ccccc2)n1. The summed E-state index contributed by atoms with van der Waals surface area (Å²) in [7, 11) is 1.24. The molecule has 0 spiro atoms. The molecule has 10 nitrogen and oxygen atoms in total. The Kier molecular flexibility index (Phi) is 7.01. The first kappa shape index (κ1) is 23.1. The summed E-state index contributed by atoms with van der Waals surface area (Å²) < 4.78 is 20.9. The van der Waals surface area contributed by atoms with Crippen LogP contribution in [0.2, 0.25) is 0 Å². The van der Waals surface area contributed by atoms with Crippen LogP contribution in [-0.4, -0.2) is 53.3 Å². The molecule has 0 aliphatic carbocycles. The zero-order valence-electron chi connectivity index (χ0n) is 18.5. The van der Waals surface area contributed by atoms with E-state index in [2.05, 4.69) is 15.0 Å². The summed E-state index contributed by atoms with van der Waals surface area (Å²) in [5.74, 6) is -0.504. The number of rotatable bonds is 5. The number of methoxy groups -OCH3 is 1. The molecule has 1 aromatic heterocycles. The van der Waals surface area contributed by atoms with Crippen molar-refractivity contribution in [1.82, 2.24) is 15.2 Å². The molecule has 0 saturated carbocycles. The number of aromatic nitrogens is 1. The highest BCUT2D eigenvalue weighted by Gasteiger charge is 2.41. The number of benzene rings is 1. The van der Waals surface area contributed by atoms with Gasteiger partial charge < -0.3 is 23.9 Å². The summed E-state index contributed by atoms with van der Waals surface area (Å²) in [6.07, 6.45) is 0.290. The fourth-order valence-electron chi connectivity index (χ4n) is 3.29. The van der Waals surface area contributed by atoms with Gasteiger partial charge >= 0.3 is 18.2 Å². The van der Waals surface area contributed by atoms with Crippen molar-refractivity contribution >= 4 is 18.2 Å². The number of amides is 2. The van der Waals surface area contributed by atoms with Gasteiger partial charge in [0.25, 0.3) is 0 Å². The summed E-state index contributed by atoms with van der Waals surface area (Å²) in [5, 5.41) is 2.76. The van der Waals surface area contributed by atoms with Gasteiger partial charge in [0.2, 0.25) is 5.89 Å². The lowest BCUT2D eigenvalue weighted by Crippen LogP contribution is -2.41. The predicted molar refractivity (Wildman–Crippen MR) is 112 cm³/mol. The van der Waals surface area contributed by atoms with E-state index in [0.29, 0.717) is 6.42 Å². The van der Waals surface area contributed by atoms with Crippen LogP contribution in [0.25, 0.3) is 0 Å². The first-order chi connectivity index (χ1) is 15.2. The molecule has 0 radical (unpaired) electrons. The van der Waals surface area contributed by atoms with Crippen LogP contribution in [0, 0.1) is 0 Å². The Morgan fingerprint density at radius 1 is 1.22 bits per heavy atom. The molecule has 2 unspecified atom stereocenters. The Morgan fingerprint density at radius 2 is 1.94 bits per heavy atom. The van der Waals surface area contributed by atoms with Crippen LogP contribution >= 0.6 is 0 Å². The van der Waals surface area contributed by atoms with E-state index in [1.807, 2.05) is 30.3 Å². The van der Waals surface area contributed by atoms with Gasteiger partial charge in [-0.1, -0.05) is 30.3 Å². The van der Waals surface area contributed by atoms with Crippen molar-refractivity contribution in [1.29, 1.82) is 0 Å². The minimum Gasteiger partial charge on any atom is -0.464 e. The summed E-state index contributed by atoms with van der Waals surface area (Å²) in [6.45, 7) is 5.54. The monoisotopic (exact) mass is 445 g/mol. The Labute approximate surface area is 185 Å². The number of ether oxygens (including phenoxy) is 3. The number of likely N-dealkylation sites (tertiary alicyclic amines) is 1. The van der Waals surface area contributed by atoms with Gasteiger partial charge in [0.1, 0.15) is 24.5 Å². The average molecular weight is 445 g/mol. The molecule has 1 aromatic carbocycles. The maximum Gasteiger partial charge on any atom is 0.410 e. The molecule has 1 N–H and O–H groups in total. The van der Waals surface area contributed by atoms with Crippen LogP contribution in [0.1, 0.15) is 55.2 Å². The van der Waals surface area contributed by atoms with Crippen molar-refractivity contribution in [2.75, 3.05) is 13.7 Å². The number of hydrogen-bond donors (Lipinski definition) is 1. The van der Waals surface area contributed by atoms with E-state index in [9.17, 15) is 14.4 Å². The van der Waals surface area contributed by atoms with Gasteiger partial charge in [-0.2, -0.15) is 0 Å². The fraction of sp³-hybridized carbons (Fsp3) is 0.455. The Balaban J connectivity index is 1.74. The highest BCUT2D eigenvalue weighted by atomic mass is 16.6. The highest BCUT2D eigenvalue weighted by Crippen LogP contribution is 2.33. The third kappa shape index (κ3) is 5.99. The van der Waals surface area contributed by atoms with Gasteiger partial charge in [0.05, 0.1) is 13.2 Å². The van der Waals surface area contributed by atoms with Gasteiger partial charge in [-0.3, -0.25) is 4.90 Å². The second-order valence-electron chi connectivity index (χ2n) is 8.35. The van der Waals surface area contributed by atoms with Crippen molar-refractivity contribution in [2.45, 2.75) is 51.5 Å². The maximum atomic E-state index is 12.9. The minimum absolute atomic E-state index is 0.0105. The molecule has 1 aliphatic rings. The third-order valence-electron chi connectivity index (χ3n) is 4.66. The van der Waals surface area contributed by atoms with Crippen LogP contribution in [0.3, 0.4) is 0 Å². The zero-order valence-corrected chi connectivity index (χ0v) is 18.5. The van der Waals surface area contributed by atoms with E-state index in [1.54, 1.807) is 20.8 Å². The molecular weight excluding hydrogens is 418 g/mol. The molecule has 10 heteroatoms. The molecular formula is C22H27N3O7. The molecule has 2 aromatic rings. The summed E-state index contributed by atoms with van der Waals surface area (Å²) in [5.41, 5.74) is 0.168. The molecule has 3 rings (SSSR count). The number of carbonyl (C=O) groups is 3. The molecule has 1 aliphatic heterocycles. The van der Waals surface area contributed by atoms with E-state index in [4.69, 9.17) is 13.9 Å². The number of alkyl carbamates (subject to hydrolysis) is 1. The summed E-state index contributed by atoms with van der Waals surface area (Å²) >= 11 is 0. The second-order valence-corrected chi connectivity index (χ2v) is 8.35. The van der Waals surface area contributed by atoms with Crippen molar-refractivity contribution < 1.29 is 33.0 Å². The lowest BCUT2D eigenvalue weighted by atomic mass is 10.1. The van der Waals surface area contributed by atoms with Crippen LogP contribution in [0.5, 0.6) is 0 Å². The van der Waals surface area contributed by atoms with Crippen molar-refractivity contribution in [3.63, 3.8) is 0 Å². The minimum atomic E-state index is -0.658. The van der Waals surface area contributed by atoms with Crippen molar-refractivity contribution in [3.05, 3.63) is 53.7 Å². The first-order valence-electron chi connectivity index (χ1n) is 10.2. The topological polar surface area (TPSA) is 120 Å². The largest absolute Gasteiger partial charge is 0.464 e. The Hall–Kier alpha value is -3.56. The van der Waals surface area contributed by atoms with Gasteiger partial charge in [-0.15, -0.1) is 0 Å². The van der Waals surface area contributed by atoms with E-state index in [-0.39, 0.29) is 24.7 Å². The Morgan fingerprint density at radius 3 is 2.59 bits per heavy atom. The molecule has 0 bridgehead atoms. The van der Waals surface area contributed by atoms with Gasteiger partial charge in [0, 0.05) is 6.54 Å². The van der Waals surface area contributed by atoms with Gasteiger partial charge in [-0.05, 0) is 32.8 Å². The molecule has 1 fully saturated rings. The second kappa shape index (κ2) is 9.71. The smallest absolute Gasteiger partial charge is 0.410 e. The number of nitrogens with one attached hydrogen (secondary N) is 1. The van der Waals surface area contributed by atoms with E-state index < -0.39 is 35.8 Å². The van der Waals surface area contributed by atoms with E-state index >= 15 is 0 Å². The lowest BCUT2D eigenvalue weighted by molar-refractivity contribution is 0.0501. The molecule has 32 heavy (non-hydrogen) atoms. The number of nitrogens with zero attached hydrogens (tertiary/aromatic N) is 2. The normalized spacial score (nSPS) is 18.2. The lowest BCUT2D eigenvalue weighted by Gasteiger charge is -2.22. The third-order valence-corrected chi connectivity index (χ3v) is 4.66. The quantitative estimate of drug-likeness (QED) is 0.549. The van der Waals surface area contributed by atoms with Crippen molar-refractivity contribution in [3.8, 4) is 0 Å². The molecule has 2 heterocycles.